The van der Waals surface area contributed by atoms with E-state index >= 15 is 0 Å². The molecule has 0 aromatic heterocycles. The van der Waals surface area contributed by atoms with Gasteiger partial charge in [0.15, 0.2) is 17.5 Å². The number of rotatable bonds is 9. The maximum absolute atomic E-state index is 5.98. The van der Waals surface area contributed by atoms with Crippen LogP contribution in [0, 0.1) is 0 Å². The zero-order valence-corrected chi connectivity index (χ0v) is 15.7. The molecule has 2 aromatic carbocycles. The lowest BCUT2D eigenvalue weighted by molar-refractivity contribution is 0.355. The van der Waals surface area contributed by atoms with Crippen molar-refractivity contribution in [2.45, 2.75) is 13.3 Å². The van der Waals surface area contributed by atoms with Crippen molar-refractivity contribution in [3.8, 4) is 11.5 Å². The van der Waals surface area contributed by atoms with Crippen LogP contribution < -0.4 is 25.4 Å². The van der Waals surface area contributed by atoms with Crippen LogP contribution in [0.15, 0.2) is 53.5 Å². The van der Waals surface area contributed by atoms with E-state index in [9.17, 15) is 0 Å². The Kier molecular flexibility index (Phi) is 7.61. The Balaban J connectivity index is 1.84. The summed E-state index contributed by atoms with van der Waals surface area (Å²) >= 11 is 0. The number of aliphatic imine (C=N–C) groups is 1. The monoisotopic (exact) mass is 356 g/mol. The summed E-state index contributed by atoms with van der Waals surface area (Å²) in [4.78, 5) is 6.73. The summed E-state index contributed by atoms with van der Waals surface area (Å²) in [6.45, 7) is 4.72. The molecule has 0 atom stereocenters. The summed E-state index contributed by atoms with van der Waals surface area (Å²) in [6.07, 6.45) is 0.928. The van der Waals surface area contributed by atoms with Crippen molar-refractivity contribution in [3.05, 3.63) is 48.5 Å². The minimum Gasteiger partial charge on any atom is -0.493 e. The number of anilines is 2. The van der Waals surface area contributed by atoms with Crippen LogP contribution in [-0.4, -0.2) is 39.8 Å². The van der Waals surface area contributed by atoms with Crippen molar-refractivity contribution < 1.29 is 9.47 Å². The summed E-state index contributed by atoms with van der Waals surface area (Å²) < 4.78 is 10.5. The number of para-hydroxylation sites is 1. The lowest BCUT2D eigenvalue weighted by atomic mass is 10.2. The molecule has 0 saturated heterocycles. The second-order valence-electron chi connectivity index (χ2n) is 5.73. The molecule has 140 valence electrons. The van der Waals surface area contributed by atoms with E-state index in [0.717, 1.165) is 25.2 Å². The molecule has 0 unspecified atom stereocenters. The number of hydrogen-bond donors (Lipinski definition) is 2. The number of nitrogens with two attached hydrogens (primary N) is 1. The summed E-state index contributed by atoms with van der Waals surface area (Å²) in [5.41, 5.74) is 8.02. The summed E-state index contributed by atoms with van der Waals surface area (Å²) in [5.74, 6) is 1.71. The Morgan fingerprint density at radius 3 is 2.46 bits per heavy atom. The highest BCUT2D eigenvalue weighted by molar-refractivity contribution is 5.92. The quantitative estimate of drug-likeness (QED) is 0.410. The first-order chi connectivity index (χ1) is 12.7. The fourth-order valence-electron chi connectivity index (χ4n) is 2.67. The van der Waals surface area contributed by atoms with E-state index in [2.05, 4.69) is 46.4 Å². The summed E-state index contributed by atoms with van der Waals surface area (Å²) in [6, 6.07) is 15.9. The lowest BCUT2D eigenvalue weighted by Gasteiger charge is -2.22. The minimum atomic E-state index is 0.389. The second kappa shape index (κ2) is 10.2. The smallest absolute Gasteiger partial charge is 0.193 e. The fourth-order valence-corrected chi connectivity index (χ4v) is 2.67. The Bertz CT molecular complexity index is 704. The van der Waals surface area contributed by atoms with Crippen molar-refractivity contribution in [1.82, 2.24) is 0 Å². The van der Waals surface area contributed by atoms with Crippen molar-refractivity contribution in [2.75, 3.05) is 44.1 Å². The molecule has 0 saturated carbocycles. The molecule has 0 fully saturated rings. The number of hydrogen-bond acceptors (Lipinski definition) is 4. The molecule has 0 aliphatic rings. The summed E-state index contributed by atoms with van der Waals surface area (Å²) in [7, 11) is 3.21. The van der Waals surface area contributed by atoms with Crippen LogP contribution in [-0.2, 0) is 0 Å². The topological polar surface area (TPSA) is 72.1 Å². The van der Waals surface area contributed by atoms with E-state index in [1.54, 1.807) is 14.2 Å². The van der Waals surface area contributed by atoms with Gasteiger partial charge in [-0.3, -0.25) is 4.99 Å². The van der Waals surface area contributed by atoms with Gasteiger partial charge in [-0.05, 0) is 37.6 Å². The largest absolute Gasteiger partial charge is 0.493 e. The molecule has 0 aliphatic carbocycles. The van der Waals surface area contributed by atoms with Crippen LogP contribution in [0.2, 0.25) is 0 Å². The van der Waals surface area contributed by atoms with Crippen molar-refractivity contribution in [3.63, 3.8) is 0 Å². The van der Waals surface area contributed by atoms with Crippen LogP contribution in [0.3, 0.4) is 0 Å². The van der Waals surface area contributed by atoms with Crippen LogP contribution in [0.1, 0.15) is 13.3 Å². The van der Waals surface area contributed by atoms with E-state index in [0.29, 0.717) is 24.0 Å². The normalized spacial score (nSPS) is 11.1. The van der Waals surface area contributed by atoms with Gasteiger partial charge in [-0.15, -0.1) is 0 Å². The van der Waals surface area contributed by atoms with E-state index in [1.165, 1.54) is 5.69 Å². The van der Waals surface area contributed by atoms with Gasteiger partial charge in [0.2, 0.25) is 0 Å². The highest BCUT2D eigenvalue weighted by Crippen LogP contribution is 2.29. The minimum absolute atomic E-state index is 0.389. The third-order valence-electron chi connectivity index (χ3n) is 4.03. The molecule has 2 rings (SSSR count). The highest BCUT2D eigenvalue weighted by atomic mass is 16.5. The molecular formula is C20H28N4O2. The Morgan fingerprint density at radius 1 is 1.08 bits per heavy atom. The van der Waals surface area contributed by atoms with Crippen molar-refractivity contribution >= 4 is 17.3 Å². The van der Waals surface area contributed by atoms with Crippen molar-refractivity contribution in [2.24, 2.45) is 10.7 Å². The van der Waals surface area contributed by atoms with Gasteiger partial charge in [-0.2, -0.15) is 0 Å². The van der Waals surface area contributed by atoms with Crippen LogP contribution in [0.4, 0.5) is 11.4 Å². The molecule has 6 heteroatoms. The molecule has 26 heavy (non-hydrogen) atoms. The van der Waals surface area contributed by atoms with Crippen molar-refractivity contribution in [1.29, 1.82) is 0 Å². The first-order valence-corrected chi connectivity index (χ1v) is 8.77. The average Bonchev–Trinajstić information content (AvgIpc) is 2.68. The number of nitrogens with one attached hydrogen (secondary N) is 1. The van der Waals surface area contributed by atoms with Crippen LogP contribution in [0.5, 0.6) is 11.5 Å². The maximum Gasteiger partial charge on any atom is 0.193 e. The molecule has 0 radical (unpaired) electrons. The predicted molar refractivity (Wildman–Crippen MR) is 109 cm³/mol. The zero-order chi connectivity index (χ0) is 18.8. The second-order valence-corrected chi connectivity index (χ2v) is 5.73. The highest BCUT2D eigenvalue weighted by Gasteiger charge is 2.05. The van der Waals surface area contributed by atoms with Gasteiger partial charge in [-0.25, -0.2) is 0 Å². The number of methoxy groups -OCH3 is 2. The molecule has 0 heterocycles. The fraction of sp³-hybridized carbons (Fsp3) is 0.350. The SMILES string of the molecule is CCN(CCCN=C(N)Nc1ccc(OC)c(OC)c1)c1ccccc1. The Labute approximate surface area is 155 Å². The average molecular weight is 356 g/mol. The molecule has 6 nitrogen and oxygen atoms in total. The van der Waals surface area contributed by atoms with Gasteiger partial charge in [0, 0.05) is 37.1 Å². The molecule has 0 amide bonds. The van der Waals surface area contributed by atoms with Crippen LogP contribution in [0.25, 0.3) is 0 Å². The first kappa shape index (κ1) is 19.4. The van der Waals surface area contributed by atoms with E-state index < -0.39 is 0 Å². The summed E-state index contributed by atoms with van der Waals surface area (Å²) in [5, 5.41) is 3.08. The number of benzene rings is 2. The molecule has 0 bridgehead atoms. The van der Waals surface area contributed by atoms with Gasteiger partial charge in [0.25, 0.3) is 0 Å². The Morgan fingerprint density at radius 2 is 1.81 bits per heavy atom. The molecular weight excluding hydrogens is 328 g/mol. The van der Waals surface area contributed by atoms with Gasteiger partial charge in [0.05, 0.1) is 14.2 Å². The molecule has 3 N–H and O–H groups in total. The van der Waals surface area contributed by atoms with Gasteiger partial charge in [-0.1, -0.05) is 18.2 Å². The number of guanidine groups is 1. The molecule has 2 aromatic rings. The van der Waals surface area contributed by atoms with Gasteiger partial charge in [0.1, 0.15) is 0 Å². The van der Waals surface area contributed by atoms with E-state index in [1.807, 2.05) is 24.3 Å². The van der Waals surface area contributed by atoms with Crippen LogP contribution >= 0.6 is 0 Å². The molecule has 0 spiro atoms. The first-order valence-electron chi connectivity index (χ1n) is 8.77. The number of ether oxygens (including phenoxy) is 2. The number of nitrogens with zero attached hydrogens (tertiary/aromatic N) is 2. The predicted octanol–water partition coefficient (Wildman–Crippen LogP) is 3.35. The van der Waals surface area contributed by atoms with E-state index in [4.69, 9.17) is 15.2 Å². The third kappa shape index (κ3) is 5.58. The van der Waals surface area contributed by atoms with Gasteiger partial charge < -0.3 is 25.4 Å². The Hall–Kier alpha value is -2.89. The zero-order valence-electron chi connectivity index (χ0n) is 15.7. The van der Waals surface area contributed by atoms with Gasteiger partial charge >= 0.3 is 0 Å². The standard InChI is InChI=1S/C20H28N4O2/c1-4-24(17-9-6-5-7-10-17)14-8-13-22-20(21)23-16-11-12-18(25-2)19(15-16)26-3/h5-7,9-12,15H,4,8,13-14H2,1-3H3,(H3,21,22,23). The lowest BCUT2D eigenvalue weighted by Crippen LogP contribution is -2.26. The molecule has 0 aliphatic heterocycles. The maximum atomic E-state index is 5.98. The van der Waals surface area contributed by atoms with E-state index in [-0.39, 0.29) is 0 Å². The third-order valence-corrected chi connectivity index (χ3v) is 4.03.